The molecule has 0 amide bonds. The number of imidazole rings is 1. The lowest BCUT2D eigenvalue weighted by Crippen LogP contribution is -1.96. The van der Waals surface area contributed by atoms with Crippen molar-refractivity contribution in [1.82, 2.24) is 9.38 Å². The molecule has 0 spiro atoms. The fraction of sp³-hybridized carbons (Fsp3) is 0.273. The topological polar surface area (TPSA) is 41.1 Å². The van der Waals surface area contributed by atoms with Crippen molar-refractivity contribution in [3.05, 3.63) is 35.8 Å². The summed E-state index contributed by atoms with van der Waals surface area (Å²) < 4.78 is 1.98. The molecular formula is C11H11N3. The number of aromatic nitrogens is 2. The van der Waals surface area contributed by atoms with Crippen LogP contribution in [-0.2, 0) is 0 Å². The molecule has 3 nitrogen and oxygen atoms in total. The van der Waals surface area contributed by atoms with Crippen molar-refractivity contribution in [2.45, 2.75) is 19.8 Å². The maximum absolute atomic E-state index is 8.84. The molecular weight excluding hydrogens is 174 g/mol. The first-order chi connectivity index (χ1) is 6.74. The van der Waals surface area contributed by atoms with Crippen molar-refractivity contribution >= 4 is 5.65 Å². The molecule has 1 unspecified atom stereocenters. The molecule has 2 aromatic heterocycles. The van der Waals surface area contributed by atoms with E-state index in [1.54, 1.807) is 6.20 Å². The van der Waals surface area contributed by atoms with Crippen LogP contribution in [0.4, 0.5) is 0 Å². The second-order valence-corrected chi connectivity index (χ2v) is 3.42. The molecule has 0 radical (unpaired) electrons. The highest BCUT2D eigenvalue weighted by Gasteiger charge is 2.10. The highest BCUT2D eigenvalue weighted by molar-refractivity contribution is 5.48. The second kappa shape index (κ2) is 3.15. The molecule has 70 valence electrons. The summed E-state index contributed by atoms with van der Waals surface area (Å²) >= 11 is 0. The summed E-state index contributed by atoms with van der Waals surface area (Å²) in [5, 5.41) is 8.84. The summed E-state index contributed by atoms with van der Waals surface area (Å²) in [7, 11) is 0. The molecule has 0 saturated carbocycles. The summed E-state index contributed by atoms with van der Waals surface area (Å²) in [5.74, 6) is -0.119. The van der Waals surface area contributed by atoms with Crippen LogP contribution in [-0.4, -0.2) is 9.38 Å². The van der Waals surface area contributed by atoms with Crippen LogP contribution in [0.25, 0.3) is 5.65 Å². The summed E-state index contributed by atoms with van der Waals surface area (Å²) in [6, 6.07) is 6.20. The number of aryl methyl sites for hydroxylation is 1. The largest absolute Gasteiger partial charge is 0.303 e. The van der Waals surface area contributed by atoms with E-state index in [4.69, 9.17) is 5.26 Å². The molecule has 0 aliphatic rings. The van der Waals surface area contributed by atoms with Crippen LogP contribution in [0.2, 0.25) is 0 Å². The van der Waals surface area contributed by atoms with Gasteiger partial charge in [0.1, 0.15) is 5.65 Å². The van der Waals surface area contributed by atoms with Crippen LogP contribution in [0.15, 0.2) is 24.5 Å². The molecule has 2 rings (SSSR count). The summed E-state index contributed by atoms with van der Waals surface area (Å²) in [4.78, 5) is 4.30. The van der Waals surface area contributed by atoms with Gasteiger partial charge < -0.3 is 4.40 Å². The summed E-state index contributed by atoms with van der Waals surface area (Å²) in [6.07, 6.45) is 3.72. The third-order valence-electron chi connectivity index (χ3n) is 2.40. The van der Waals surface area contributed by atoms with Crippen molar-refractivity contribution in [1.29, 1.82) is 5.26 Å². The molecule has 14 heavy (non-hydrogen) atoms. The Hall–Kier alpha value is -1.82. The number of nitrogens with zero attached hydrogens (tertiary/aromatic N) is 3. The minimum absolute atomic E-state index is 0.119. The Kier molecular flexibility index (Phi) is 1.97. The predicted molar refractivity (Wildman–Crippen MR) is 54.0 cm³/mol. The van der Waals surface area contributed by atoms with E-state index in [0.717, 1.165) is 16.9 Å². The van der Waals surface area contributed by atoms with Crippen molar-refractivity contribution in [2.24, 2.45) is 0 Å². The Morgan fingerprint density at radius 2 is 2.36 bits per heavy atom. The van der Waals surface area contributed by atoms with Gasteiger partial charge in [0.05, 0.1) is 23.9 Å². The first-order valence-corrected chi connectivity index (χ1v) is 4.56. The van der Waals surface area contributed by atoms with Crippen LogP contribution in [0, 0.1) is 18.3 Å². The zero-order chi connectivity index (χ0) is 10.1. The SMILES string of the molecule is Cc1cccn2c(C(C)C#N)cnc12. The quantitative estimate of drug-likeness (QED) is 0.683. The number of fused-ring (bicyclic) bond motifs is 1. The van der Waals surface area contributed by atoms with E-state index < -0.39 is 0 Å². The number of rotatable bonds is 1. The normalized spacial score (nSPS) is 12.6. The number of hydrogen-bond acceptors (Lipinski definition) is 2. The minimum Gasteiger partial charge on any atom is -0.303 e. The van der Waals surface area contributed by atoms with Gasteiger partial charge in [-0.1, -0.05) is 6.07 Å². The lowest BCUT2D eigenvalue weighted by molar-refractivity contribution is 0.896. The van der Waals surface area contributed by atoms with Gasteiger partial charge in [-0.3, -0.25) is 0 Å². The first kappa shape index (κ1) is 8.76. The van der Waals surface area contributed by atoms with Crippen LogP contribution >= 0.6 is 0 Å². The second-order valence-electron chi connectivity index (χ2n) is 3.42. The molecule has 3 heteroatoms. The molecule has 1 atom stereocenters. The molecule has 0 aliphatic carbocycles. The van der Waals surface area contributed by atoms with E-state index in [-0.39, 0.29) is 5.92 Å². The van der Waals surface area contributed by atoms with E-state index in [0.29, 0.717) is 0 Å². The third kappa shape index (κ3) is 1.16. The maximum Gasteiger partial charge on any atom is 0.139 e. The molecule has 0 bridgehead atoms. The average Bonchev–Trinajstić information content (AvgIpc) is 2.62. The van der Waals surface area contributed by atoms with Gasteiger partial charge in [0, 0.05) is 6.20 Å². The predicted octanol–water partition coefficient (Wildman–Crippen LogP) is 2.27. The molecule has 0 fully saturated rings. The first-order valence-electron chi connectivity index (χ1n) is 4.56. The number of nitriles is 1. The molecule has 0 N–H and O–H groups in total. The van der Waals surface area contributed by atoms with Gasteiger partial charge in [0.15, 0.2) is 0 Å². The van der Waals surface area contributed by atoms with Gasteiger partial charge in [-0.05, 0) is 25.5 Å². The monoisotopic (exact) mass is 185 g/mol. The highest BCUT2D eigenvalue weighted by Crippen LogP contribution is 2.17. The van der Waals surface area contributed by atoms with Crippen LogP contribution in [0.1, 0.15) is 24.1 Å². The smallest absolute Gasteiger partial charge is 0.139 e. The zero-order valence-electron chi connectivity index (χ0n) is 8.23. The van der Waals surface area contributed by atoms with E-state index in [2.05, 4.69) is 11.1 Å². The number of hydrogen-bond donors (Lipinski definition) is 0. The van der Waals surface area contributed by atoms with E-state index >= 15 is 0 Å². The van der Waals surface area contributed by atoms with Gasteiger partial charge >= 0.3 is 0 Å². The Morgan fingerprint density at radius 1 is 1.57 bits per heavy atom. The molecule has 2 heterocycles. The summed E-state index contributed by atoms with van der Waals surface area (Å²) in [6.45, 7) is 3.90. The van der Waals surface area contributed by atoms with Gasteiger partial charge in [-0.25, -0.2) is 4.98 Å². The average molecular weight is 185 g/mol. The standard InChI is InChI=1S/C11H11N3/c1-8-4-3-5-14-10(9(2)6-12)7-13-11(8)14/h3-5,7,9H,1-2H3. The molecule has 2 aromatic rings. The fourth-order valence-corrected chi connectivity index (χ4v) is 1.56. The van der Waals surface area contributed by atoms with Crippen LogP contribution in [0.5, 0.6) is 0 Å². The third-order valence-corrected chi connectivity index (χ3v) is 2.40. The minimum atomic E-state index is -0.119. The Labute approximate surface area is 82.6 Å². The van der Waals surface area contributed by atoms with Crippen molar-refractivity contribution in [3.63, 3.8) is 0 Å². The zero-order valence-corrected chi connectivity index (χ0v) is 8.23. The van der Waals surface area contributed by atoms with E-state index in [1.165, 1.54) is 0 Å². The van der Waals surface area contributed by atoms with Crippen molar-refractivity contribution < 1.29 is 0 Å². The number of pyridine rings is 1. The molecule has 0 saturated heterocycles. The van der Waals surface area contributed by atoms with Crippen LogP contribution in [0.3, 0.4) is 0 Å². The Bertz CT molecular complexity index is 505. The van der Waals surface area contributed by atoms with Gasteiger partial charge in [-0.2, -0.15) is 5.26 Å². The Morgan fingerprint density at radius 3 is 3.07 bits per heavy atom. The highest BCUT2D eigenvalue weighted by atomic mass is 15.0. The molecule has 0 aromatic carbocycles. The fourth-order valence-electron chi connectivity index (χ4n) is 1.56. The van der Waals surface area contributed by atoms with Crippen LogP contribution < -0.4 is 0 Å². The lowest BCUT2D eigenvalue weighted by atomic mass is 10.1. The maximum atomic E-state index is 8.84. The molecule has 0 aliphatic heterocycles. The Balaban J connectivity index is 2.71. The van der Waals surface area contributed by atoms with Gasteiger partial charge in [0.25, 0.3) is 0 Å². The van der Waals surface area contributed by atoms with Crippen molar-refractivity contribution in [2.75, 3.05) is 0 Å². The van der Waals surface area contributed by atoms with E-state index in [1.807, 2.05) is 36.6 Å². The lowest BCUT2D eigenvalue weighted by Gasteiger charge is -2.03. The van der Waals surface area contributed by atoms with Gasteiger partial charge in [-0.15, -0.1) is 0 Å². The van der Waals surface area contributed by atoms with E-state index in [9.17, 15) is 0 Å². The van der Waals surface area contributed by atoms with Gasteiger partial charge in [0.2, 0.25) is 0 Å². The van der Waals surface area contributed by atoms with Crippen molar-refractivity contribution in [3.8, 4) is 6.07 Å². The summed E-state index contributed by atoms with van der Waals surface area (Å²) in [5.41, 5.74) is 3.01.